The van der Waals surface area contributed by atoms with Crippen molar-refractivity contribution in [2.24, 2.45) is 0 Å². The van der Waals surface area contributed by atoms with Crippen molar-refractivity contribution in [3.05, 3.63) is 65.2 Å². The van der Waals surface area contributed by atoms with Gasteiger partial charge in [0.1, 0.15) is 0 Å². The van der Waals surface area contributed by atoms with E-state index in [2.05, 4.69) is 5.32 Å². The summed E-state index contributed by atoms with van der Waals surface area (Å²) in [5.74, 6) is -1.23. The van der Waals surface area contributed by atoms with Crippen LogP contribution in [0.25, 0.3) is 0 Å². The van der Waals surface area contributed by atoms with Crippen molar-refractivity contribution < 1.29 is 23.1 Å². The molecule has 0 aliphatic carbocycles. The summed E-state index contributed by atoms with van der Waals surface area (Å²) < 4.78 is 25.3. The van der Waals surface area contributed by atoms with Gasteiger partial charge in [0.15, 0.2) is 0 Å². The van der Waals surface area contributed by atoms with Crippen LogP contribution in [-0.4, -0.2) is 43.8 Å². The van der Waals surface area contributed by atoms with Crippen molar-refractivity contribution in [1.29, 1.82) is 0 Å². The average molecular weight is 390 g/mol. The maximum absolute atomic E-state index is 12.2. The fourth-order valence-corrected chi connectivity index (χ4v) is 3.37. The third kappa shape index (κ3) is 5.15. The Balaban J connectivity index is 2.00. The van der Waals surface area contributed by atoms with E-state index in [-0.39, 0.29) is 28.8 Å². The van der Waals surface area contributed by atoms with Crippen molar-refractivity contribution in [3.63, 3.8) is 0 Å². The minimum absolute atomic E-state index is 0.122. The molecule has 0 aliphatic rings. The maximum atomic E-state index is 12.2. The van der Waals surface area contributed by atoms with E-state index in [0.29, 0.717) is 5.56 Å². The van der Waals surface area contributed by atoms with Crippen LogP contribution in [0.3, 0.4) is 0 Å². The second-order valence-corrected chi connectivity index (χ2v) is 8.48. The third-order valence-electron chi connectivity index (χ3n) is 4.10. The molecule has 0 spiro atoms. The number of hydrogen-bond donors (Lipinski definition) is 2. The van der Waals surface area contributed by atoms with Crippen LogP contribution in [0.4, 0.5) is 0 Å². The van der Waals surface area contributed by atoms with Gasteiger partial charge in [0.2, 0.25) is 15.9 Å². The lowest BCUT2D eigenvalue weighted by Gasteiger charge is -2.16. The molecule has 2 rings (SSSR count). The molecule has 0 aromatic heterocycles. The summed E-state index contributed by atoms with van der Waals surface area (Å²) in [6.45, 7) is 1.81. The first-order valence-electron chi connectivity index (χ1n) is 8.25. The van der Waals surface area contributed by atoms with E-state index in [1.54, 1.807) is 31.2 Å². The molecule has 0 heterocycles. The molecule has 0 aliphatic heterocycles. The van der Waals surface area contributed by atoms with E-state index < -0.39 is 16.0 Å². The number of sulfonamides is 1. The van der Waals surface area contributed by atoms with Crippen LogP contribution in [0.1, 0.15) is 34.5 Å². The van der Waals surface area contributed by atoms with Gasteiger partial charge < -0.3 is 10.4 Å². The second kappa shape index (κ2) is 8.32. The van der Waals surface area contributed by atoms with Gasteiger partial charge in [-0.05, 0) is 42.3 Å². The van der Waals surface area contributed by atoms with Crippen LogP contribution < -0.4 is 5.32 Å². The van der Waals surface area contributed by atoms with Gasteiger partial charge in [-0.25, -0.2) is 17.5 Å². The second-order valence-electron chi connectivity index (χ2n) is 6.32. The van der Waals surface area contributed by atoms with Gasteiger partial charge in [-0.2, -0.15) is 0 Å². The molecule has 0 saturated carbocycles. The molecule has 2 N–H and O–H groups in total. The highest BCUT2D eigenvalue weighted by atomic mass is 32.2. The van der Waals surface area contributed by atoms with Gasteiger partial charge in [0.05, 0.1) is 22.9 Å². The largest absolute Gasteiger partial charge is 0.478 e. The van der Waals surface area contributed by atoms with Crippen molar-refractivity contribution in [1.82, 2.24) is 9.62 Å². The summed E-state index contributed by atoms with van der Waals surface area (Å²) in [6.07, 6.45) is 0.122. The van der Waals surface area contributed by atoms with Crippen LogP contribution >= 0.6 is 0 Å². The quantitative estimate of drug-likeness (QED) is 0.753. The summed E-state index contributed by atoms with van der Waals surface area (Å²) in [5, 5.41) is 11.7. The zero-order chi connectivity index (χ0) is 20.2. The summed E-state index contributed by atoms with van der Waals surface area (Å²) >= 11 is 0. The monoisotopic (exact) mass is 390 g/mol. The SMILES string of the molecule is CC(NC(=O)Cc1ccc(C(=O)O)cc1)c1ccc(S(=O)(=O)N(C)C)cc1. The van der Waals surface area contributed by atoms with Gasteiger partial charge in [0.25, 0.3) is 0 Å². The summed E-state index contributed by atoms with van der Waals surface area (Å²) in [5.41, 5.74) is 1.65. The predicted molar refractivity (Wildman–Crippen MR) is 101 cm³/mol. The number of aromatic carboxylic acids is 1. The molecule has 7 nitrogen and oxygen atoms in total. The van der Waals surface area contributed by atoms with E-state index in [1.807, 2.05) is 0 Å². The Labute approximate surface area is 158 Å². The molecular weight excluding hydrogens is 368 g/mol. The van der Waals surface area contributed by atoms with Crippen LogP contribution in [-0.2, 0) is 21.2 Å². The number of carbonyl (C=O) groups excluding carboxylic acids is 1. The molecule has 1 unspecified atom stereocenters. The normalized spacial score (nSPS) is 12.6. The van der Waals surface area contributed by atoms with Gasteiger partial charge in [-0.3, -0.25) is 4.79 Å². The fourth-order valence-electron chi connectivity index (χ4n) is 2.47. The molecule has 0 bridgehead atoms. The van der Waals surface area contributed by atoms with E-state index in [4.69, 9.17) is 5.11 Å². The van der Waals surface area contributed by atoms with Gasteiger partial charge in [-0.15, -0.1) is 0 Å². The molecule has 1 amide bonds. The Hall–Kier alpha value is -2.71. The number of amides is 1. The predicted octanol–water partition coefficient (Wildman–Crippen LogP) is 2.06. The lowest BCUT2D eigenvalue weighted by Crippen LogP contribution is -2.28. The molecule has 27 heavy (non-hydrogen) atoms. The number of carboxylic acids is 1. The first-order valence-corrected chi connectivity index (χ1v) is 9.69. The maximum Gasteiger partial charge on any atom is 0.335 e. The molecule has 0 saturated heterocycles. The molecule has 1 atom stereocenters. The van der Waals surface area contributed by atoms with Crippen LogP contribution in [0.2, 0.25) is 0 Å². The molecular formula is C19H22N2O5S. The number of hydrogen-bond acceptors (Lipinski definition) is 4. The smallest absolute Gasteiger partial charge is 0.335 e. The van der Waals surface area contributed by atoms with Crippen LogP contribution in [0, 0.1) is 0 Å². The Morgan fingerprint density at radius 2 is 1.59 bits per heavy atom. The number of nitrogens with zero attached hydrogens (tertiary/aromatic N) is 1. The van der Waals surface area contributed by atoms with Crippen molar-refractivity contribution in [2.75, 3.05) is 14.1 Å². The Morgan fingerprint density at radius 1 is 1.04 bits per heavy atom. The lowest BCUT2D eigenvalue weighted by atomic mass is 10.1. The Morgan fingerprint density at radius 3 is 2.07 bits per heavy atom. The van der Waals surface area contributed by atoms with Crippen molar-refractivity contribution in [3.8, 4) is 0 Å². The molecule has 2 aromatic carbocycles. The van der Waals surface area contributed by atoms with Gasteiger partial charge >= 0.3 is 5.97 Å². The lowest BCUT2D eigenvalue weighted by molar-refractivity contribution is -0.121. The third-order valence-corrected chi connectivity index (χ3v) is 5.93. The molecule has 0 radical (unpaired) electrons. The van der Waals surface area contributed by atoms with Gasteiger partial charge in [0, 0.05) is 14.1 Å². The van der Waals surface area contributed by atoms with Gasteiger partial charge in [-0.1, -0.05) is 24.3 Å². The summed E-state index contributed by atoms with van der Waals surface area (Å²) in [7, 11) is -0.554. The highest BCUT2D eigenvalue weighted by molar-refractivity contribution is 7.89. The Kier molecular flexibility index (Phi) is 6.35. The number of benzene rings is 2. The Bertz CT molecular complexity index is 920. The van der Waals surface area contributed by atoms with E-state index in [9.17, 15) is 18.0 Å². The topological polar surface area (TPSA) is 104 Å². The number of carboxylic acid groups (broad SMARTS) is 1. The highest BCUT2D eigenvalue weighted by Gasteiger charge is 2.18. The molecule has 2 aromatic rings. The standard InChI is InChI=1S/C19H22N2O5S/c1-13(15-8-10-17(11-9-15)27(25,26)21(2)3)20-18(22)12-14-4-6-16(7-5-14)19(23)24/h4-11,13H,12H2,1-3H3,(H,20,22)(H,23,24). The molecule has 144 valence electrons. The summed E-state index contributed by atoms with van der Waals surface area (Å²) in [6, 6.07) is 12.2. The minimum Gasteiger partial charge on any atom is -0.478 e. The zero-order valence-electron chi connectivity index (χ0n) is 15.3. The van der Waals surface area contributed by atoms with Crippen LogP contribution in [0.5, 0.6) is 0 Å². The summed E-state index contributed by atoms with van der Waals surface area (Å²) in [4.78, 5) is 23.2. The molecule has 8 heteroatoms. The first kappa shape index (κ1) is 20.6. The number of rotatable bonds is 7. The van der Waals surface area contributed by atoms with E-state index in [1.165, 1.54) is 38.4 Å². The average Bonchev–Trinajstić information content (AvgIpc) is 2.62. The van der Waals surface area contributed by atoms with Crippen molar-refractivity contribution in [2.45, 2.75) is 24.3 Å². The highest BCUT2D eigenvalue weighted by Crippen LogP contribution is 2.18. The van der Waals surface area contributed by atoms with Crippen LogP contribution in [0.15, 0.2) is 53.4 Å². The van der Waals surface area contributed by atoms with E-state index in [0.717, 1.165) is 9.87 Å². The van der Waals surface area contributed by atoms with E-state index >= 15 is 0 Å². The van der Waals surface area contributed by atoms with Crippen molar-refractivity contribution >= 4 is 21.9 Å². The number of nitrogens with one attached hydrogen (secondary N) is 1. The number of carbonyl (C=O) groups is 2. The minimum atomic E-state index is -3.49. The zero-order valence-corrected chi connectivity index (χ0v) is 16.2. The molecule has 0 fully saturated rings. The first-order chi connectivity index (χ1) is 12.6. The fraction of sp³-hybridized carbons (Fsp3) is 0.263.